The Hall–Kier alpha value is -2.73. The zero-order chi connectivity index (χ0) is 25.5. The summed E-state index contributed by atoms with van der Waals surface area (Å²) in [6.07, 6.45) is -0.0846. The normalized spacial score (nSPS) is 17.5. The Labute approximate surface area is 206 Å². The minimum absolute atomic E-state index is 0.0611. The number of hydrogen-bond donors (Lipinski definition) is 3. The van der Waals surface area contributed by atoms with Gasteiger partial charge >= 0.3 is 5.76 Å². The molecule has 35 heavy (non-hydrogen) atoms. The molecule has 1 unspecified atom stereocenters. The summed E-state index contributed by atoms with van der Waals surface area (Å²) in [5.74, 6) is -2.54. The van der Waals surface area contributed by atoms with E-state index in [-0.39, 0.29) is 45.7 Å². The van der Waals surface area contributed by atoms with E-state index in [1.165, 1.54) is 18.2 Å². The van der Waals surface area contributed by atoms with Gasteiger partial charge in [-0.3, -0.25) is 0 Å². The summed E-state index contributed by atoms with van der Waals surface area (Å²) in [5.41, 5.74) is 2.01. The second kappa shape index (κ2) is 9.73. The van der Waals surface area contributed by atoms with Gasteiger partial charge in [0, 0.05) is 17.9 Å². The zero-order valence-corrected chi connectivity index (χ0v) is 20.8. The number of sulfonamides is 1. The molecule has 12 heteroatoms. The Morgan fingerprint density at radius 3 is 2.74 bits per heavy atom. The maximum atomic E-state index is 15.0. The molecule has 2 aromatic carbocycles. The smallest absolute Gasteiger partial charge is 0.434 e. The van der Waals surface area contributed by atoms with Crippen LogP contribution in [0.2, 0.25) is 5.02 Å². The highest BCUT2D eigenvalue weighted by Gasteiger charge is 2.36. The number of benzene rings is 2. The van der Waals surface area contributed by atoms with Gasteiger partial charge in [-0.25, -0.2) is 22.7 Å². The van der Waals surface area contributed by atoms with Crippen LogP contribution in [-0.2, 0) is 16.4 Å². The molecule has 0 aliphatic carbocycles. The summed E-state index contributed by atoms with van der Waals surface area (Å²) in [6, 6.07) is 4.37. The van der Waals surface area contributed by atoms with Crippen molar-refractivity contribution in [3.63, 3.8) is 0 Å². The van der Waals surface area contributed by atoms with Gasteiger partial charge in [-0.15, -0.1) is 5.10 Å². The minimum Gasteiger partial charge on any atom is -0.492 e. The number of fused-ring (bicyclic) bond motifs is 1. The lowest BCUT2D eigenvalue weighted by Crippen LogP contribution is -2.33. The maximum Gasteiger partial charge on any atom is 0.434 e. The number of rotatable bonds is 7. The molecule has 188 valence electrons. The van der Waals surface area contributed by atoms with Gasteiger partial charge in [0.1, 0.15) is 22.5 Å². The average molecular weight is 526 g/mol. The first kappa shape index (κ1) is 25.4. The van der Waals surface area contributed by atoms with Gasteiger partial charge in [0.15, 0.2) is 0 Å². The Morgan fingerprint density at radius 2 is 2.09 bits per heavy atom. The monoisotopic (exact) mass is 525 g/mol. The molecule has 0 radical (unpaired) electrons. The van der Waals surface area contributed by atoms with Crippen LogP contribution in [-0.4, -0.2) is 30.3 Å². The number of ether oxygens (including phenoxy) is 1. The molecule has 1 aliphatic rings. The molecule has 3 atom stereocenters. The summed E-state index contributed by atoms with van der Waals surface area (Å²) in [5, 5.41) is 16.5. The first-order valence-electron chi connectivity index (χ1n) is 11.0. The molecule has 0 amide bonds. The van der Waals surface area contributed by atoms with Crippen molar-refractivity contribution >= 4 is 21.6 Å². The molecule has 1 aromatic heterocycles. The van der Waals surface area contributed by atoms with Crippen molar-refractivity contribution in [3.8, 4) is 5.75 Å². The van der Waals surface area contributed by atoms with Crippen LogP contribution >= 0.6 is 11.6 Å². The van der Waals surface area contributed by atoms with Gasteiger partial charge in [-0.2, -0.15) is 4.72 Å². The molecule has 2 heterocycles. The maximum absolute atomic E-state index is 15.0. The number of H-pyrrole nitrogens is 1. The third-order valence-electron chi connectivity index (χ3n) is 6.28. The third-order valence-corrected chi connectivity index (χ3v) is 8.07. The molecular formula is C23H25ClFN3O6S. The number of hydrogen-bond acceptors (Lipinski definition) is 7. The van der Waals surface area contributed by atoms with Crippen LogP contribution < -0.4 is 15.2 Å². The number of nitrogens with zero attached hydrogens (tertiary/aromatic N) is 1. The van der Waals surface area contributed by atoms with Crippen LogP contribution in [0.5, 0.6) is 5.75 Å². The molecule has 4 rings (SSSR count). The van der Waals surface area contributed by atoms with E-state index in [4.69, 9.17) is 20.8 Å². The van der Waals surface area contributed by atoms with Crippen molar-refractivity contribution in [2.75, 3.05) is 6.61 Å². The van der Waals surface area contributed by atoms with Gasteiger partial charge in [-0.1, -0.05) is 31.5 Å². The van der Waals surface area contributed by atoms with Crippen LogP contribution in [0.15, 0.2) is 38.4 Å². The predicted molar refractivity (Wildman–Crippen MR) is 126 cm³/mol. The highest BCUT2D eigenvalue weighted by Crippen LogP contribution is 2.42. The predicted octanol–water partition coefficient (Wildman–Crippen LogP) is 3.67. The lowest BCUT2D eigenvalue weighted by Gasteiger charge is -2.28. The van der Waals surface area contributed by atoms with E-state index < -0.39 is 39.7 Å². The van der Waals surface area contributed by atoms with Gasteiger partial charge in [0.2, 0.25) is 15.9 Å². The van der Waals surface area contributed by atoms with Crippen LogP contribution in [0.4, 0.5) is 4.39 Å². The van der Waals surface area contributed by atoms with Crippen molar-refractivity contribution in [2.24, 2.45) is 0 Å². The number of aromatic nitrogens is 2. The summed E-state index contributed by atoms with van der Waals surface area (Å²) in [7, 11) is -4.36. The molecule has 3 aromatic rings. The Balaban J connectivity index is 1.82. The molecule has 0 saturated carbocycles. The third kappa shape index (κ3) is 4.73. The van der Waals surface area contributed by atoms with E-state index >= 15 is 4.39 Å². The summed E-state index contributed by atoms with van der Waals surface area (Å²) >= 11 is 6.20. The van der Waals surface area contributed by atoms with Crippen LogP contribution in [0.1, 0.15) is 66.5 Å². The number of aryl methyl sites for hydroxylation is 1. The first-order chi connectivity index (χ1) is 16.5. The number of nitrogens with one attached hydrogen (secondary N) is 2. The molecule has 9 nitrogen and oxygen atoms in total. The summed E-state index contributed by atoms with van der Waals surface area (Å²) in [4.78, 5) is 11.4. The summed E-state index contributed by atoms with van der Waals surface area (Å²) < 4.78 is 55.3. The highest BCUT2D eigenvalue weighted by molar-refractivity contribution is 7.89. The quantitative estimate of drug-likeness (QED) is 0.428. The minimum atomic E-state index is -4.36. The summed E-state index contributed by atoms with van der Waals surface area (Å²) in [6.45, 7) is 5.40. The highest BCUT2D eigenvalue weighted by atomic mass is 35.5. The van der Waals surface area contributed by atoms with Crippen LogP contribution in [0, 0.1) is 12.7 Å². The van der Waals surface area contributed by atoms with Crippen molar-refractivity contribution in [2.45, 2.75) is 56.6 Å². The van der Waals surface area contributed by atoms with Crippen molar-refractivity contribution < 1.29 is 27.1 Å². The standard InChI is InChI=1S/C23H25ClFN3O6S/c1-4-13-5-7-15(25)18(11(13)2)12(3)20(22-26-27-23(30)34-22)28-35(31,32)17-8-6-14(24)19-16(29)9-10-33-21(17)19/h5-8,12,16,20,28-29H,4,9-10H2,1-3H3,(H,27,30)/t12-,16?,20+/m1/s1. The van der Waals surface area contributed by atoms with Crippen molar-refractivity contribution in [1.29, 1.82) is 0 Å². The topological polar surface area (TPSA) is 135 Å². The number of aliphatic hydroxyl groups excluding tert-OH is 1. The van der Waals surface area contributed by atoms with E-state index in [0.29, 0.717) is 12.0 Å². The Morgan fingerprint density at radius 1 is 1.34 bits per heavy atom. The van der Waals surface area contributed by atoms with E-state index in [1.807, 2.05) is 6.92 Å². The number of halogens is 2. The lowest BCUT2D eigenvalue weighted by molar-refractivity contribution is 0.113. The van der Waals surface area contributed by atoms with E-state index in [0.717, 1.165) is 5.56 Å². The average Bonchev–Trinajstić information content (AvgIpc) is 3.23. The van der Waals surface area contributed by atoms with E-state index in [1.54, 1.807) is 19.9 Å². The van der Waals surface area contributed by atoms with E-state index in [9.17, 15) is 18.3 Å². The first-order valence-corrected chi connectivity index (χ1v) is 12.9. The zero-order valence-electron chi connectivity index (χ0n) is 19.3. The largest absolute Gasteiger partial charge is 0.492 e. The van der Waals surface area contributed by atoms with Gasteiger partial charge in [0.05, 0.1) is 17.7 Å². The van der Waals surface area contributed by atoms with Crippen LogP contribution in [0.3, 0.4) is 0 Å². The lowest BCUT2D eigenvalue weighted by atomic mass is 9.87. The number of aromatic amines is 1. The Kier molecular flexibility index (Phi) is 7.05. The van der Waals surface area contributed by atoms with Gasteiger partial charge in [-0.05, 0) is 48.2 Å². The molecule has 1 aliphatic heterocycles. The van der Waals surface area contributed by atoms with Crippen molar-refractivity contribution in [1.82, 2.24) is 14.9 Å². The van der Waals surface area contributed by atoms with E-state index in [2.05, 4.69) is 14.9 Å². The van der Waals surface area contributed by atoms with Crippen LogP contribution in [0.25, 0.3) is 0 Å². The number of aliphatic hydroxyl groups is 1. The fraction of sp³-hybridized carbons (Fsp3) is 0.391. The molecule has 0 bridgehead atoms. The second-order valence-corrected chi connectivity index (χ2v) is 10.5. The molecular weight excluding hydrogens is 501 g/mol. The molecule has 3 N–H and O–H groups in total. The molecule has 0 saturated heterocycles. The second-order valence-electron chi connectivity index (χ2n) is 8.38. The van der Waals surface area contributed by atoms with Crippen molar-refractivity contribution in [3.05, 3.63) is 73.8 Å². The van der Waals surface area contributed by atoms with Gasteiger partial charge < -0.3 is 14.3 Å². The molecule has 0 fully saturated rings. The molecule has 0 spiro atoms. The SMILES string of the molecule is CCc1ccc(F)c([C@@H](C)[C@H](NS(=O)(=O)c2ccc(Cl)c3c2OCCC3O)c2n[nH]c(=O)o2)c1C. The van der Waals surface area contributed by atoms with Gasteiger partial charge in [0.25, 0.3) is 0 Å². The Bertz CT molecular complexity index is 1420. The fourth-order valence-electron chi connectivity index (χ4n) is 4.46. The fourth-order valence-corrected chi connectivity index (χ4v) is 6.17.